The molecule has 3 aliphatic carbocycles. The van der Waals surface area contributed by atoms with Crippen LogP contribution in [0.3, 0.4) is 0 Å². The predicted molar refractivity (Wildman–Crippen MR) is 341 cm³/mol. The maximum Gasteiger partial charge on any atom is 0.231 e. The predicted octanol–water partition coefficient (Wildman–Crippen LogP) is 8.61. The molecule has 3 amide bonds. The first-order valence-corrected chi connectivity index (χ1v) is 29.7. The number of carbonyl (C=O) groups excluding carboxylic acids is 3. The number of nitrogens with one attached hydrogen (secondary N) is 6. The summed E-state index contributed by atoms with van der Waals surface area (Å²) in [6, 6.07) is 13.8. The second kappa shape index (κ2) is 23.8. The van der Waals surface area contributed by atoms with E-state index < -0.39 is 30.6 Å². The fourth-order valence-electron chi connectivity index (χ4n) is 11.8. The van der Waals surface area contributed by atoms with E-state index in [0.29, 0.717) is 109 Å². The van der Waals surface area contributed by atoms with E-state index >= 15 is 0 Å². The Balaban J connectivity index is 0.756. The zero-order chi connectivity index (χ0) is 62.6. The van der Waals surface area contributed by atoms with Crippen molar-refractivity contribution in [3.63, 3.8) is 0 Å². The molecular weight excluding hydrogens is 1160 g/mol. The van der Waals surface area contributed by atoms with Crippen molar-refractivity contribution in [2.75, 3.05) is 58.1 Å². The fourth-order valence-corrected chi connectivity index (χ4v) is 11.8. The molecule has 25 nitrogen and oxygen atoms in total. The van der Waals surface area contributed by atoms with Crippen LogP contribution >= 0.6 is 0 Å². The molecule has 11 aromatic heterocycles. The number of fused-ring (bicyclic) bond motifs is 3. The highest BCUT2D eigenvalue weighted by Crippen LogP contribution is 2.49. The van der Waals surface area contributed by atoms with E-state index in [9.17, 15) is 23.9 Å². The molecule has 0 saturated heterocycles. The van der Waals surface area contributed by atoms with E-state index in [0.717, 1.165) is 33.5 Å². The molecule has 0 radical (unpaired) electrons. The summed E-state index contributed by atoms with van der Waals surface area (Å²) < 4.78 is 17.3. The molecule has 91 heavy (non-hydrogen) atoms. The maximum atomic E-state index is 13.8. The molecule has 0 aromatic carbocycles. The monoisotopic (exact) mass is 1220 g/mol. The fraction of sp³-hybridized carbons (Fsp3) is 0.262. The summed E-state index contributed by atoms with van der Waals surface area (Å²) in [5.74, 6) is 0.191. The molecule has 458 valence electrons. The molecule has 3 saturated carbocycles. The van der Waals surface area contributed by atoms with Gasteiger partial charge >= 0.3 is 0 Å². The Bertz CT molecular complexity index is 4690. The second-order valence-electron chi connectivity index (χ2n) is 23.3. The third-order valence-corrected chi connectivity index (χ3v) is 17.1. The Morgan fingerprint density at radius 1 is 0.648 bits per heavy atom. The topological polar surface area (TPSA) is 331 Å². The molecule has 11 heterocycles. The number of pyridine rings is 9. The van der Waals surface area contributed by atoms with Gasteiger partial charge in [-0.3, -0.25) is 43.5 Å². The third-order valence-electron chi connectivity index (χ3n) is 17.1. The number of carbonyl (C=O) groups is 3. The van der Waals surface area contributed by atoms with Crippen LogP contribution in [0, 0.1) is 24.7 Å². The summed E-state index contributed by atoms with van der Waals surface area (Å²) in [5.41, 5.74) is 18.5. The quantitative estimate of drug-likeness (QED) is 0.0246. The van der Waals surface area contributed by atoms with Crippen molar-refractivity contribution >= 4 is 90.6 Å². The molecule has 3 aliphatic rings. The van der Waals surface area contributed by atoms with Crippen LogP contribution < -0.4 is 37.8 Å². The SMILES string of the molecule is CNc1cncc(-c2cc3cc(NC(=O)[C@@H]4C[C@@H]4F)ncc3c(NOCCc3ccncc3-c3cc4cc(NC(=O)[C@H]5C[C@@H]5c5cnn(C)c5)ncc4c(NC(CO)c4ccncc4-c4cc5cc(NC(=O)[C@@H]6C[C@H]6c6cnn(C)c6)ncc5c(N)n4)n3)n2)c1C. The number of aliphatic hydroxyl groups excluding tert-OH is 1. The second-order valence-corrected chi connectivity index (χ2v) is 23.3. The number of nitrogens with zero attached hydrogens (tertiary/aromatic N) is 13. The number of halogens is 1. The first kappa shape index (κ1) is 57.7. The Kier molecular flexibility index (Phi) is 15.1. The van der Waals surface area contributed by atoms with Crippen LogP contribution in [-0.2, 0) is 39.7 Å². The molecule has 1 unspecified atom stereocenters. The zero-order valence-electron chi connectivity index (χ0n) is 49.8. The molecule has 0 spiro atoms. The van der Waals surface area contributed by atoms with Gasteiger partial charge in [0.2, 0.25) is 17.7 Å². The summed E-state index contributed by atoms with van der Waals surface area (Å²) in [6.45, 7) is 1.70. The van der Waals surface area contributed by atoms with Crippen LogP contribution in [0.15, 0.2) is 129 Å². The zero-order valence-corrected chi connectivity index (χ0v) is 49.8. The summed E-state index contributed by atoms with van der Waals surface area (Å²) in [4.78, 5) is 88.4. The summed E-state index contributed by atoms with van der Waals surface area (Å²) in [6.07, 6.45) is 23.2. The maximum absolute atomic E-state index is 13.8. The van der Waals surface area contributed by atoms with Gasteiger partial charge in [0.1, 0.15) is 35.3 Å². The van der Waals surface area contributed by atoms with E-state index in [1.54, 1.807) is 102 Å². The first-order valence-electron chi connectivity index (χ1n) is 29.7. The highest BCUT2D eigenvalue weighted by molar-refractivity contribution is 6.02. The van der Waals surface area contributed by atoms with E-state index in [-0.39, 0.29) is 60.1 Å². The van der Waals surface area contributed by atoms with Gasteiger partial charge in [0.25, 0.3) is 0 Å². The van der Waals surface area contributed by atoms with Gasteiger partial charge in [-0.05, 0) is 137 Å². The van der Waals surface area contributed by atoms with Gasteiger partial charge in [-0.1, -0.05) is 0 Å². The summed E-state index contributed by atoms with van der Waals surface area (Å²) in [7, 11) is 5.52. The molecule has 9 N–H and O–H groups in total. The number of nitrogen functional groups attached to an aromatic ring is 1. The van der Waals surface area contributed by atoms with Crippen LogP contribution in [0.5, 0.6) is 0 Å². The van der Waals surface area contributed by atoms with Gasteiger partial charge in [-0.15, -0.1) is 0 Å². The third kappa shape index (κ3) is 11.8. The average Bonchev–Trinajstić information content (AvgIpc) is 1.88. The standard InChI is InChI=1S/C65H61FN20O5/c1-32-45(22-71-28-55(32)68-2)52-12-36-16-59(83-65(90)44-19-51(44)66)74-27-49(36)62(79-52)84-91-10-7-33-5-8-69-23-46(33)53-13-35-15-58(82-64(89)43-18-41(43)38-21-76-86(4)30-38)73-26-48(35)61(78-53)80-56(31-87)39-6-9-70-24-50(39)54-11-34-14-57(72-25-47(34)60(67)77-54)81-63(88)42-17-40(42)37-20-75-85(3)29-37/h5-6,8-9,11-16,20-30,40-44,51,56,68,87H,7,10,17-19,31H2,1-4H3,(H2,67,77)(H,78,80)(H,79,84)(H,72,81,88)(H,73,82,89)(H,74,83,90)/t40-,41+,42+,43-,44+,51-,56?/m0/s1. The molecule has 26 heteroatoms. The highest BCUT2D eigenvalue weighted by atomic mass is 19.1. The molecule has 0 bridgehead atoms. The number of rotatable bonds is 21. The Hall–Kier alpha value is -11.0. The normalized spacial score (nSPS) is 18.4. The van der Waals surface area contributed by atoms with E-state index in [1.165, 1.54) is 0 Å². The molecule has 14 rings (SSSR count). The summed E-state index contributed by atoms with van der Waals surface area (Å²) in [5, 5.41) is 39.3. The van der Waals surface area contributed by atoms with Gasteiger partial charge in [0.05, 0.1) is 66.5 Å². The van der Waals surface area contributed by atoms with Crippen LogP contribution in [0.25, 0.3) is 66.1 Å². The number of aliphatic hydroxyl groups is 1. The molecule has 7 atom stereocenters. The van der Waals surface area contributed by atoms with Crippen molar-refractivity contribution in [2.24, 2.45) is 31.8 Å². The lowest BCUT2D eigenvalue weighted by Gasteiger charge is -2.22. The number of hydrogen-bond acceptors (Lipinski definition) is 20. The minimum Gasteiger partial charge on any atom is -0.394 e. The van der Waals surface area contributed by atoms with Crippen molar-refractivity contribution in [1.82, 2.24) is 64.4 Å². The number of amides is 3. The van der Waals surface area contributed by atoms with Crippen LogP contribution in [-0.4, -0.2) is 114 Å². The molecule has 11 aromatic rings. The van der Waals surface area contributed by atoms with E-state index in [4.69, 9.17) is 30.5 Å². The van der Waals surface area contributed by atoms with Gasteiger partial charge in [0.15, 0.2) is 5.82 Å². The largest absolute Gasteiger partial charge is 0.394 e. The lowest BCUT2D eigenvalue weighted by molar-refractivity contribution is -0.118. The Morgan fingerprint density at radius 2 is 1.18 bits per heavy atom. The van der Waals surface area contributed by atoms with Gasteiger partial charge < -0.3 is 37.4 Å². The smallest absolute Gasteiger partial charge is 0.231 e. The Labute approximate surface area is 518 Å². The van der Waals surface area contributed by atoms with Crippen LogP contribution in [0.1, 0.15) is 65.0 Å². The first-order chi connectivity index (χ1) is 44.2. The van der Waals surface area contributed by atoms with Gasteiger partial charge in [0, 0.05) is 128 Å². The number of alkyl halides is 1. The van der Waals surface area contributed by atoms with Crippen molar-refractivity contribution in [3.8, 4) is 33.8 Å². The number of hydrogen-bond donors (Lipinski definition) is 8. The van der Waals surface area contributed by atoms with Crippen molar-refractivity contribution in [2.45, 2.75) is 56.7 Å². The van der Waals surface area contributed by atoms with Gasteiger partial charge in [-0.25, -0.2) is 39.8 Å². The van der Waals surface area contributed by atoms with Crippen molar-refractivity contribution < 1.29 is 28.7 Å². The van der Waals surface area contributed by atoms with Gasteiger partial charge in [-0.2, -0.15) is 10.2 Å². The summed E-state index contributed by atoms with van der Waals surface area (Å²) >= 11 is 0. The van der Waals surface area contributed by atoms with Crippen LogP contribution in [0.2, 0.25) is 0 Å². The molecule has 3 fully saturated rings. The highest BCUT2D eigenvalue weighted by Gasteiger charge is 2.46. The minimum atomic E-state index is -1.16. The Morgan fingerprint density at radius 3 is 1.76 bits per heavy atom. The van der Waals surface area contributed by atoms with Crippen LogP contribution in [0.4, 0.5) is 45.0 Å². The lowest BCUT2D eigenvalue weighted by Crippen LogP contribution is -2.18. The number of nitrogens with two attached hydrogens (primary N) is 1. The van der Waals surface area contributed by atoms with Crippen molar-refractivity contribution in [3.05, 3.63) is 157 Å². The minimum absolute atomic E-state index is 0.0505. The van der Waals surface area contributed by atoms with Crippen molar-refractivity contribution in [1.29, 1.82) is 0 Å². The number of aromatic nitrogens is 13. The number of aryl methyl sites for hydroxylation is 2. The molecular formula is C65H61FN20O5. The average molecular weight is 1220 g/mol. The van der Waals surface area contributed by atoms with E-state index in [1.807, 2.05) is 64.7 Å². The molecule has 0 aliphatic heterocycles. The number of anilines is 7. The lowest BCUT2D eigenvalue weighted by atomic mass is 9.98. The van der Waals surface area contributed by atoms with E-state index in [2.05, 4.69) is 67.2 Å².